The molecule has 0 heterocycles. The van der Waals surface area contributed by atoms with E-state index in [9.17, 15) is 0 Å². The van der Waals surface area contributed by atoms with Crippen LogP contribution in [-0.4, -0.2) is 40.6 Å². The molecule has 114 valence electrons. The van der Waals surface area contributed by atoms with Crippen LogP contribution in [0.1, 0.15) is 59.8 Å². The van der Waals surface area contributed by atoms with E-state index in [1.54, 1.807) is 0 Å². The van der Waals surface area contributed by atoms with E-state index in [1.807, 2.05) is 14.2 Å². The van der Waals surface area contributed by atoms with E-state index in [0.29, 0.717) is 12.0 Å². The Kier molecular flexibility index (Phi) is 6.05. The van der Waals surface area contributed by atoms with Crippen molar-refractivity contribution in [2.24, 2.45) is 5.92 Å². The molecule has 0 saturated heterocycles. The van der Waals surface area contributed by atoms with Crippen LogP contribution >= 0.6 is 0 Å². The Morgan fingerprint density at radius 3 is 1.89 bits per heavy atom. The highest BCUT2D eigenvalue weighted by Crippen LogP contribution is 2.47. The highest BCUT2D eigenvalue weighted by Gasteiger charge is 2.58. The Bertz CT molecular complexity index is 271. The summed E-state index contributed by atoms with van der Waals surface area (Å²) in [7, 11) is 3.49. The predicted molar refractivity (Wildman–Crippen MR) is 83.3 cm³/mol. The summed E-state index contributed by atoms with van der Waals surface area (Å²) in [6.45, 7) is 9.15. The van der Waals surface area contributed by atoms with Gasteiger partial charge in [0.25, 0.3) is 0 Å². The lowest BCUT2D eigenvalue weighted by molar-refractivity contribution is 0.102. The normalized spacial score (nSPS) is 19.4. The van der Waals surface area contributed by atoms with Gasteiger partial charge in [0.1, 0.15) is 0 Å². The standard InChI is InChI=1S/C15H33NO2Si/c1-13(2)15(3,4)19(17-6,18-7)16(5)14-11-9-8-10-12-14/h13-14H,8-12H2,1-7H3. The van der Waals surface area contributed by atoms with Gasteiger partial charge in [-0.1, -0.05) is 47.0 Å². The van der Waals surface area contributed by atoms with E-state index in [1.165, 1.54) is 32.1 Å². The summed E-state index contributed by atoms with van der Waals surface area (Å²) in [5.41, 5.74) is 0. The van der Waals surface area contributed by atoms with Crippen molar-refractivity contribution in [2.75, 3.05) is 21.3 Å². The van der Waals surface area contributed by atoms with E-state index in [-0.39, 0.29) is 5.04 Å². The van der Waals surface area contributed by atoms with Crippen LogP contribution in [0.4, 0.5) is 0 Å². The monoisotopic (exact) mass is 287 g/mol. The van der Waals surface area contributed by atoms with Crippen molar-refractivity contribution in [1.82, 2.24) is 4.57 Å². The summed E-state index contributed by atoms with van der Waals surface area (Å²) in [6.07, 6.45) is 6.63. The smallest absolute Gasteiger partial charge is 0.386 e. The molecule has 0 aromatic heterocycles. The molecular formula is C15H33NO2Si. The number of rotatable bonds is 6. The van der Waals surface area contributed by atoms with Gasteiger partial charge in [0.2, 0.25) is 0 Å². The summed E-state index contributed by atoms with van der Waals surface area (Å²) in [6, 6.07) is 0.623. The summed E-state index contributed by atoms with van der Waals surface area (Å²) >= 11 is 0. The van der Waals surface area contributed by atoms with E-state index in [4.69, 9.17) is 8.85 Å². The van der Waals surface area contributed by atoms with Crippen LogP contribution in [0.3, 0.4) is 0 Å². The lowest BCUT2D eigenvalue weighted by atomic mass is 9.96. The zero-order valence-corrected chi connectivity index (χ0v) is 15.0. The molecule has 1 aliphatic carbocycles. The van der Waals surface area contributed by atoms with Crippen molar-refractivity contribution in [3.05, 3.63) is 0 Å². The van der Waals surface area contributed by atoms with Crippen molar-refractivity contribution in [3.63, 3.8) is 0 Å². The van der Waals surface area contributed by atoms with Crippen LogP contribution in [-0.2, 0) is 8.85 Å². The maximum Gasteiger partial charge on any atom is 0.433 e. The Morgan fingerprint density at radius 2 is 1.53 bits per heavy atom. The van der Waals surface area contributed by atoms with Gasteiger partial charge in [-0.2, -0.15) is 0 Å². The number of hydrogen-bond donors (Lipinski definition) is 0. The van der Waals surface area contributed by atoms with Gasteiger partial charge in [0, 0.05) is 25.3 Å². The molecule has 3 nitrogen and oxygen atoms in total. The molecule has 0 spiro atoms. The SMILES string of the molecule is CO[Si](OC)(N(C)C1CCCCC1)C(C)(C)C(C)C. The lowest BCUT2D eigenvalue weighted by Gasteiger charge is -2.51. The van der Waals surface area contributed by atoms with Gasteiger partial charge in [-0.15, -0.1) is 0 Å². The molecule has 0 aliphatic heterocycles. The van der Waals surface area contributed by atoms with Gasteiger partial charge >= 0.3 is 8.72 Å². The van der Waals surface area contributed by atoms with Gasteiger partial charge in [-0.25, -0.2) is 0 Å². The van der Waals surface area contributed by atoms with E-state index in [2.05, 4.69) is 39.3 Å². The van der Waals surface area contributed by atoms with Crippen molar-refractivity contribution in [1.29, 1.82) is 0 Å². The average Bonchev–Trinajstić information content (AvgIpc) is 2.41. The van der Waals surface area contributed by atoms with Gasteiger partial charge in [-0.3, -0.25) is 4.57 Å². The van der Waals surface area contributed by atoms with Crippen LogP contribution in [0.5, 0.6) is 0 Å². The minimum Gasteiger partial charge on any atom is -0.386 e. The Labute approximate surface area is 121 Å². The Balaban J connectivity index is 3.03. The first-order valence-corrected chi connectivity index (χ1v) is 9.43. The van der Waals surface area contributed by atoms with Gasteiger partial charge in [0.05, 0.1) is 0 Å². The topological polar surface area (TPSA) is 21.7 Å². The van der Waals surface area contributed by atoms with Crippen molar-refractivity contribution < 1.29 is 8.85 Å². The third-order valence-electron chi connectivity index (χ3n) is 5.40. The summed E-state index contributed by atoms with van der Waals surface area (Å²) in [4.78, 5) is 0. The molecule has 0 bridgehead atoms. The fourth-order valence-corrected chi connectivity index (χ4v) is 7.60. The van der Waals surface area contributed by atoms with Crippen LogP contribution in [0.15, 0.2) is 0 Å². The highest BCUT2D eigenvalue weighted by atomic mass is 28.4. The second-order valence-electron chi connectivity index (χ2n) is 6.77. The first kappa shape index (κ1) is 17.1. The largest absolute Gasteiger partial charge is 0.433 e. The van der Waals surface area contributed by atoms with E-state index < -0.39 is 8.72 Å². The maximum absolute atomic E-state index is 6.07. The van der Waals surface area contributed by atoms with E-state index in [0.717, 1.165) is 0 Å². The molecule has 0 N–H and O–H groups in total. The molecular weight excluding hydrogens is 254 g/mol. The molecule has 1 fully saturated rings. The third kappa shape index (κ3) is 3.07. The number of nitrogens with zero attached hydrogens (tertiary/aromatic N) is 1. The Morgan fingerprint density at radius 1 is 1.05 bits per heavy atom. The van der Waals surface area contributed by atoms with Crippen molar-refractivity contribution in [3.8, 4) is 0 Å². The van der Waals surface area contributed by atoms with E-state index >= 15 is 0 Å². The summed E-state index contributed by atoms with van der Waals surface area (Å²) < 4.78 is 14.6. The van der Waals surface area contributed by atoms with Crippen LogP contribution in [0.25, 0.3) is 0 Å². The molecule has 0 atom stereocenters. The molecule has 0 radical (unpaired) electrons. The molecule has 1 rings (SSSR count). The fourth-order valence-electron chi connectivity index (χ4n) is 3.43. The summed E-state index contributed by atoms with van der Waals surface area (Å²) in [5, 5.41) is 0.0582. The second-order valence-corrected chi connectivity index (χ2v) is 10.7. The van der Waals surface area contributed by atoms with Gasteiger partial charge in [0.15, 0.2) is 0 Å². The number of hydrogen-bond acceptors (Lipinski definition) is 3. The van der Waals surface area contributed by atoms with Crippen LogP contribution in [0, 0.1) is 5.92 Å². The predicted octanol–water partition coefficient (Wildman–Crippen LogP) is 3.92. The minimum absolute atomic E-state index is 0.0582. The molecule has 0 aromatic rings. The van der Waals surface area contributed by atoms with Gasteiger partial charge < -0.3 is 8.85 Å². The molecule has 1 saturated carbocycles. The van der Waals surface area contributed by atoms with Crippen LogP contribution < -0.4 is 0 Å². The molecule has 19 heavy (non-hydrogen) atoms. The second kappa shape index (κ2) is 6.70. The minimum atomic E-state index is -2.39. The molecule has 1 aliphatic rings. The molecule has 0 unspecified atom stereocenters. The van der Waals surface area contributed by atoms with Crippen LogP contribution in [0.2, 0.25) is 5.04 Å². The molecule has 0 amide bonds. The third-order valence-corrected chi connectivity index (χ3v) is 10.0. The van der Waals surface area contributed by atoms with Crippen molar-refractivity contribution >= 4 is 8.72 Å². The fraction of sp³-hybridized carbons (Fsp3) is 1.00. The van der Waals surface area contributed by atoms with Gasteiger partial charge in [-0.05, 0) is 25.8 Å². The maximum atomic E-state index is 6.07. The lowest BCUT2D eigenvalue weighted by Crippen LogP contribution is -2.66. The van der Waals surface area contributed by atoms with Crippen molar-refractivity contribution in [2.45, 2.75) is 70.9 Å². The zero-order valence-electron chi connectivity index (χ0n) is 14.0. The quantitative estimate of drug-likeness (QED) is 0.691. The first-order valence-electron chi connectivity index (χ1n) is 7.66. The summed E-state index contributed by atoms with van der Waals surface area (Å²) in [5.74, 6) is 0.533. The Hall–Kier alpha value is 0.0969. The zero-order chi connectivity index (χ0) is 14.7. The molecule has 4 heteroatoms. The first-order chi connectivity index (χ1) is 8.83. The molecule has 0 aromatic carbocycles. The highest BCUT2D eigenvalue weighted by molar-refractivity contribution is 6.67. The average molecular weight is 288 g/mol.